The molecule has 0 saturated heterocycles. The lowest BCUT2D eigenvalue weighted by atomic mass is 9.73. The molecular formula is C15H13BF12N2O3. The van der Waals surface area contributed by atoms with Crippen molar-refractivity contribution in [2.24, 2.45) is 5.73 Å². The van der Waals surface area contributed by atoms with E-state index in [0.29, 0.717) is 0 Å². The molecule has 1 rings (SSSR count). The maximum atomic E-state index is 14.3. The van der Waals surface area contributed by atoms with Gasteiger partial charge in [0.25, 0.3) is 0 Å². The molecule has 188 valence electrons. The maximum Gasteiger partial charge on any atom is 0.514 e. The highest BCUT2D eigenvalue weighted by Crippen LogP contribution is 2.49. The van der Waals surface area contributed by atoms with Gasteiger partial charge in [0.2, 0.25) is 5.91 Å². The molecule has 0 radical (unpaired) electrons. The number of carbonyl (C=O) groups is 1. The van der Waals surface area contributed by atoms with Crippen LogP contribution in [0.15, 0.2) is 18.2 Å². The summed E-state index contributed by atoms with van der Waals surface area (Å²) in [6.45, 7) is -0.294. The number of hydrogen-bond donors (Lipinski definition) is 3. The molecule has 0 atom stereocenters. The summed E-state index contributed by atoms with van der Waals surface area (Å²) in [6.07, 6.45) is -10.7. The number of benzene rings is 1. The zero-order valence-corrected chi connectivity index (χ0v) is 15.8. The van der Waals surface area contributed by atoms with Gasteiger partial charge < -0.3 is 10.8 Å². The molecule has 0 unspecified atom stereocenters. The molecule has 1 amide bonds. The van der Waals surface area contributed by atoms with Crippen LogP contribution < -0.4 is 16.7 Å². The largest absolute Gasteiger partial charge is 0.514 e. The first-order valence-corrected chi connectivity index (χ1v) is 8.40. The van der Waals surface area contributed by atoms with Crippen molar-refractivity contribution < 1.29 is 67.3 Å². The smallest absolute Gasteiger partial charge is 0.422 e. The van der Waals surface area contributed by atoms with Gasteiger partial charge in [-0.25, -0.2) is 23.0 Å². The zero-order chi connectivity index (χ0) is 26.0. The Balaban J connectivity index is 3.67. The SMILES string of the molecule is NCCC(=O)NOB(O)c1ccc(C(F)(F)C(F)(F)C(F)F)cc1C(F)(F)C(F)(F)C(F)F. The summed E-state index contributed by atoms with van der Waals surface area (Å²) < 4.78 is 164. The number of rotatable bonds is 11. The van der Waals surface area contributed by atoms with Crippen LogP contribution in [-0.2, 0) is 21.4 Å². The number of hydroxylamine groups is 1. The summed E-state index contributed by atoms with van der Waals surface area (Å²) in [7, 11) is -2.92. The van der Waals surface area contributed by atoms with Gasteiger partial charge in [-0.2, -0.15) is 35.1 Å². The minimum Gasteiger partial charge on any atom is -0.422 e. The van der Waals surface area contributed by atoms with E-state index in [9.17, 15) is 62.5 Å². The Bertz CT molecular complexity index is 840. The fourth-order valence-electron chi connectivity index (χ4n) is 2.25. The fraction of sp³-hybridized carbons (Fsp3) is 0.533. The first-order chi connectivity index (χ1) is 14.9. The second-order valence-corrected chi connectivity index (χ2v) is 6.33. The Kier molecular flexibility index (Phi) is 8.70. The topological polar surface area (TPSA) is 84.6 Å². The van der Waals surface area contributed by atoms with Gasteiger partial charge in [0.05, 0.1) is 0 Å². The van der Waals surface area contributed by atoms with Crippen LogP contribution in [0.1, 0.15) is 17.5 Å². The molecule has 0 aromatic heterocycles. The molecule has 4 N–H and O–H groups in total. The zero-order valence-electron chi connectivity index (χ0n) is 15.8. The highest BCUT2D eigenvalue weighted by Gasteiger charge is 2.67. The quantitative estimate of drug-likeness (QED) is 0.244. The molecule has 0 aliphatic heterocycles. The Morgan fingerprint density at radius 1 is 0.970 bits per heavy atom. The van der Waals surface area contributed by atoms with Gasteiger partial charge in [-0.05, 0) is 11.5 Å². The minimum atomic E-state index is -6.32. The third kappa shape index (κ3) is 5.48. The fourth-order valence-corrected chi connectivity index (χ4v) is 2.25. The second kappa shape index (κ2) is 9.96. The van der Waals surface area contributed by atoms with Crippen molar-refractivity contribution in [1.82, 2.24) is 5.48 Å². The highest BCUT2D eigenvalue weighted by atomic mass is 19.4. The van der Waals surface area contributed by atoms with Crippen LogP contribution in [0.2, 0.25) is 0 Å². The van der Waals surface area contributed by atoms with E-state index in [1.54, 1.807) is 0 Å². The molecule has 18 heteroatoms. The summed E-state index contributed by atoms with van der Waals surface area (Å²) >= 11 is 0. The lowest BCUT2D eigenvalue weighted by molar-refractivity contribution is -0.273. The first-order valence-electron chi connectivity index (χ1n) is 8.40. The molecule has 0 heterocycles. The maximum absolute atomic E-state index is 14.3. The number of amides is 1. The summed E-state index contributed by atoms with van der Waals surface area (Å²) in [5, 5.41) is 9.74. The van der Waals surface area contributed by atoms with Gasteiger partial charge >= 0.3 is 43.7 Å². The predicted molar refractivity (Wildman–Crippen MR) is 86.6 cm³/mol. The molecule has 0 saturated carbocycles. The molecule has 0 spiro atoms. The van der Waals surface area contributed by atoms with Crippen LogP contribution in [0.3, 0.4) is 0 Å². The molecule has 0 aliphatic rings. The van der Waals surface area contributed by atoms with Gasteiger partial charge in [-0.1, -0.05) is 12.1 Å². The lowest BCUT2D eigenvalue weighted by Gasteiger charge is -2.30. The summed E-state index contributed by atoms with van der Waals surface area (Å²) in [5.41, 5.74) is -0.250. The summed E-state index contributed by atoms with van der Waals surface area (Å²) in [4.78, 5) is 11.2. The number of halogens is 12. The van der Waals surface area contributed by atoms with Crippen molar-refractivity contribution in [3.63, 3.8) is 0 Å². The average Bonchev–Trinajstić information content (AvgIpc) is 2.71. The van der Waals surface area contributed by atoms with E-state index in [1.807, 2.05) is 0 Å². The number of hydrogen-bond acceptors (Lipinski definition) is 4. The standard InChI is InChI=1S/C15H13BF12N2O3/c17-10(18)14(25,26)12(21,22)6-1-2-8(16(32)33-30-9(31)3-4-29)7(5-6)13(23,24)15(27,28)11(19)20/h1-2,5,10-11,32H,3-4,29H2,(H,30,31). The van der Waals surface area contributed by atoms with Gasteiger partial charge in [-0.3, -0.25) is 9.55 Å². The molecule has 0 bridgehead atoms. The number of carbonyl (C=O) groups excluding carboxylic acids is 1. The van der Waals surface area contributed by atoms with Gasteiger partial charge in [0, 0.05) is 24.1 Å². The van der Waals surface area contributed by atoms with Crippen molar-refractivity contribution in [2.75, 3.05) is 6.54 Å². The third-order valence-electron chi connectivity index (χ3n) is 4.06. The number of nitrogens with two attached hydrogens (primary N) is 1. The van der Waals surface area contributed by atoms with E-state index < -0.39 is 78.6 Å². The Morgan fingerprint density at radius 3 is 1.91 bits per heavy atom. The number of alkyl halides is 12. The Morgan fingerprint density at radius 2 is 1.45 bits per heavy atom. The molecule has 5 nitrogen and oxygen atoms in total. The highest BCUT2D eigenvalue weighted by molar-refractivity contribution is 6.60. The molecular weight excluding hydrogens is 495 g/mol. The van der Waals surface area contributed by atoms with E-state index in [2.05, 4.69) is 4.76 Å². The monoisotopic (exact) mass is 508 g/mol. The second-order valence-electron chi connectivity index (χ2n) is 6.33. The van der Waals surface area contributed by atoms with E-state index in [4.69, 9.17) is 5.73 Å². The van der Waals surface area contributed by atoms with Gasteiger partial charge in [-0.15, -0.1) is 0 Å². The van der Waals surface area contributed by atoms with E-state index in [0.717, 1.165) is 0 Å². The molecule has 1 aromatic rings. The molecule has 1 aromatic carbocycles. The van der Waals surface area contributed by atoms with Crippen LogP contribution in [0, 0.1) is 0 Å². The van der Waals surface area contributed by atoms with E-state index in [-0.39, 0.29) is 18.7 Å². The van der Waals surface area contributed by atoms with Crippen molar-refractivity contribution in [3.05, 3.63) is 29.3 Å². The minimum absolute atomic E-state index is 0.157. The summed E-state index contributed by atoms with van der Waals surface area (Å²) in [5.74, 6) is -25.7. The normalized spacial score (nSPS) is 13.6. The molecule has 0 aliphatic carbocycles. The number of nitrogens with one attached hydrogen (secondary N) is 1. The third-order valence-corrected chi connectivity index (χ3v) is 4.06. The van der Waals surface area contributed by atoms with Crippen molar-refractivity contribution in [2.45, 2.75) is 43.0 Å². The Labute approximate surface area is 177 Å². The van der Waals surface area contributed by atoms with Crippen LogP contribution >= 0.6 is 0 Å². The molecule has 0 fully saturated rings. The average molecular weight is 508 g/mol. The van der Waals surface area contributed by atoms with Crippen molar-refractivity contribution >= 4 is 18.5 Å². The van der Waals surface area contributed by atoms with Crippen molar-refractivity contribution in [1.29, 1.82) is 0 Å². The Hall–Kier alpha value is -2.21. The van der Waals surface area contributed by atoms with E-state index >= 15 is 0 Å². The first kappa shape index (κ1) is 28.8. The molecule has 33 heavy (non-hydrogen) atoms. The van der Waals surface area contributed by atoms with Crippen LogP contribution in [-0.4, -0.2) is 49.3 Å². The van der Waals surface area contributed by atoms with Gasteiger partial charge in [0.15, 0.2) is 0 Å². The van der Waals surface area contributed by atoms with Crippen LogP contribution in [0.25, 0.3) is 0 Å². The van der Waals surface area contributed by atoms with Gasteiger partial charge in [0.1, 0.15) is 0 Å². The van der Waals surface area contributed by atoms with Crippen LogP contribution in [0.4, 0.5) is 52.7 Å². The van der Waals surface area contributed by atoms with Crippen molar-refractivity contribution in [3.8, 4) is 0 Å². The summed E-state index contributed by atoms with van der Waals surface area (Å²) in [6, 6.07) is -1.27. The van der Waals surface area contributed by atoms with E-state index in [1.165, 1.54) is 5.48 Å². The predicted octanol–water partition coefficient (Wildman–Crippen LogP) is 2.76. The lowest BCUT2D eigenvalue weighted by Crippen LogP contribution is -2.51. The van der Waals surface area contributed by atoms with Crippen LogP contribution in [0.5, 0.6) is 0 Å².